The van der Waals surface area contributed by atoms with Crippen LogP contribution in [0.15, 0.2) is 0 Å². The van der Waals surface area contributed by atoms with Crippen molar-refractivity contribution >= 4 is 5.91 Å². The van der Waals surface area contributed by atoms with Gasteiger partial charge in [0.25, 0.3) is 0 Å². The summed E-state index contributed by atoms with van der Waals surface area (Å²) in [6, 6.07) is -0.0489. The minimum absolute atomic E-state index is 0.0281. The first kappa shape index (κ1) is 6.12. The fourth-order valence-corrected chi connectivity index (χ4v) is 1.64. The van der Waals surface area contributed by atoms with E-state index < -0.39 is 0 Å². The summed E-state index contributed by atoms with van der Waals surface area (Å²) in [5.74, 6) is 0.0281. The number of aliphatic hydroxyl groups excluding tert-OH is 1. The van der Waals surface area contributed by atoms with Crippen molar-refractivity contribution in [2.24, 2.45) is 0 Å². The van der Waals surface area contributed by atoms with Gasteiger partial charge in [0.2, 0.25) is 5.91 Å². The van der Waals surface area contributed by atoms with E-state index in [-0.39, 0.29) is 24.1 Å². The van der Waals surface area contributed by atoms with Gasteiger partial charge in [0, 0.05) is 6.54 Å². The summed E-state index contributed by atoms with van der Waals surface area (Å²) in [5.41, 5.74) is -0.332. The van der Waals surface area contributed by atoms with Crippen LogP contribution in [0.4, 0.5) is 0 Å². The molecule has 2 bridgehead atoms. The Morgan fingerprint density at radius 2 is 2.60 bits per heavy atom. The average molecular weight is 142 g/mol. The number of nitrogens with one attached hydrogen (secondary N) is 2. The topological polar surface area (TPSA) is 61.4 Å². The molecule has 4 heteroatoms. The molecule has 2 aliphatic heterocycles. The molecule has 4 nitrogen and oxygen atoms in total. The van der Waals surface area contributed by atoms with Crippen LogP contribution in [0.1, 0.15) is 6.42 Å². The molecule has 2 atom stereocenters. The fraction of sp³-hybridized carbons (Fsp3) is 0.833. The monoisotopic (exact) mass is 142 g/mol. The average Bonchev–Trinajstić information content (AvgIpc) is 2.45. The van der Waals surface area contributed by atoms with E-state index in [4.69, 9.17) is 5.11 Å². The van der Waals surface area contributed by atoms with E-state index in [0.29, 0.717) is 6.54 Å². The van der Waals surface area contributed by atoms with Crippen LogP contribution in [0, 0.1) is 0 Å². The number of amides is 1. The smallest absolute Gasteiger partial charge is 0.237 e. The Hall–Kier alpha value is -0.610. The molecule has 1 amide bonds. The molecule has 2 rings (SSSR count). The van der Waals surface area contributed by atoms with Gasteiger partial charge >= 0.3 is 0 Å². The lowest BCUT2D eigenvalue weighted by Gasteiger charge is -2.24. The van der Waals surface area contributed by atoms with Crippen molar-refractivity contribution in [3.05, 3.63) is 0 Å². The molecule has 2 unspecified atom stereocenters. The highest BCUT2D eigenvalue weighted by Crippen LogP contribution is 2.25. The van der Waals surface area contributed by atoms with E-state index in [9.17, 15) is 4.79 Å². The van der Waals surface area contributed by atoms with Crippen LogP contribution in [-0.4, -0.2) is 35.7 Å². The SMILES string of the molecule is O=C1NC2(CO)CNC1C2. The third-order valence-corrected chi connectivity index (χ3v) is 2.29. The predicted molar refractivity (Wildman–Crippen MR) is 34.4 cm³/mol. The van der Waals surface area contributed by atoms with Crippen molar-refractivity contribution in [2.75, 3.05) is 13.2 Å². The second-order valence-corrected chi connectivity index (χ2v) is 3.07. The molecule has 0 saturated carbocycles. The summed E-state index contributed by atoms with van der Waals surface area (Å²) < 4.78 is 0. The van der Waals surface area contributed by atoms with Gasteiger partial charge in [-0.1, -0.05) is 0 Å². The van der Waals surface area contributed by atoms with E-state index in [1.807, 2.05) is 0 Å². The first-order valence-electron chi connectivity index (χ1n) is 3.42. The molecule has 2 saturated heterocycles. The molecule has 0 spiro atoms. The van der Waals surface area contributed by atoms with Gasteiger partial charge in [0.15, 0.2) is 0 Å². The maximum Gasteiger partial charge on any atom is 0.237 e. The molecular weight excluding hydrogens is 132 g/mol. The first-order valence-corrected chi connectivity index (χ1v) is 3.42. The van der Waals surface area contributed by atoms with Gasteiger partial charge in [-0.05, 0) is 6.42 Å². The highest BCUT2D eigenvalue weighted by atomic mass is 16.3. The maximum absolute atomic E-state index is 10.9. The van der Waals surface area contributed by atoms with E-state index >= 15 is 0 Å². The largest absolute Gasteiger partial charge is 0.394 e. The minimum Gasteiger partial charge on any atom is -0.394 e. The van der Waals surface area contributed by atoms with Gasteiger partial charge in [0.05, 0.1) is 18.2 Å². The second-order valence-electron chi connectivity index (χ2n) is 3.07. The maximum atomic E-state index is 10.9. The zero-order chi connectivity index (χ0) is 7.19. The predicted octanol–water partition coefficient (Wildman–Crippen LogP) is -1.79. The van der Waals surface area contributed by atoms with Crippen LogP contribution in [0.2, 0.25) is 0 Å². The number of aliphatic hydroxyl groups is 1. The Morgan fingerprint density at radius 1 is 1.80 bits per heavy atom. The summed E-state index contributed by atoms with van der Waals surface area (Å²) in [4.78, 5) is 10.9. The zero-order valence-electron chi connectivity index (χ0n) is 5.55. The number of piperazine rings is 1. The quantitative estimate of drug-likeness (QED) is 0.405. The van der Waals surface area contributed by atoms with Gasteiger partial charge in [0.1, 0.15) is 0 Å². The molecule has 0 aromatic rings. The normalized spacial score (nSPS) is 44.1. The Balaban J connectivity index is 2.22. The zero-order valence-corrected chi connectivity index (χ0v) is 5.55. The number of rotatable bonds is 1. The number of hydrogen-bond acceptors (Lipinski definition) is 3. The van der Waals surface area contributed by atoms with Gasteiger partial charge < -0.3 is 15.7 Å². The molecule has 3 N–H and O–H groups in total. The molecule has 2 heterocycles. The third kappa shape index (κ3) is 0.602. The fourth-order valence-electron chi connectivity index (χ4n) is 1.64. The molecule has 0 radical (unpaired) electrons. The molecule has 56 valence electrons. The van der Waals surface area contributed by atoms with Crippen molar-refractivity contribution in [3.63, 3.8) is 0 Å². The van der Waals surface area contributed by atoms with Gasteiger partial charge in [-0.25, -0.2) is 0 Å². The van der Waals surface area contributed by atoms with E-state index in [2.05, 4.69) is 10.6 Å². The van der Waals surface area contributed by atoms with Crippen LogP contribution in [0.25, 0.3) is 0 Å². The van der Waals surface area contributed by atoms with Crippen molar-refractivity contribution in [1.82, 2.24) is 10.6 Å². The standard InChI is InChI=1S/C6H10N2O2/c9-3-6-1-4(7-2-6)5(10)8-6/h4,7,9H,1-3H2,(H,8,10). The number of hydrogen-bond donors (Lipinski definition) is 3. The summed E-state index contributed by atoms with van der Waals surface area (Å²) in [5, 5.41) is 14.7. The molecule has 2 aliphatic rings. The lowest BCUT2D eigenvalue weighted by Crippen LogP contribution is -2.54. The van der Waals surface area contributed by atoms with Crippen LogP contribution in [-0.2, 0) is 4.79 Å². The van der Waals surface area contributed by atoms with Gasteiger partial charge in [-0.15, -0.1) is 0 Å². The Labute approximate surface area is 58.6 Å². The lowest BCUT2D eigenvalue weighted by atomic mass is 10.0. The Kier molecular flexibility index (Phi) is 1.04. The lowest BCUT2D eigenvalue weighted by molar-refractivity contribution is -0.122. The van der Waals surface area contributed by atoms with Gasteiger partial charge in [-0.3, -0.25) is 4.79 Å². The Morgan fingerprint density at radius 3 is 2.90 bits per heavy atom. The van der Waals surface area contributed by atoms with Gasteiger partial charge in [-0.2, -0.15) is 0 Å². The van der Waals surface area contributed by atoms with E-state index in [0.717, 1.165) is 6.42 Å². The van der Waals surface area contributed by atoms with Crippen LogP contribution < -0.4 is 10.6 Å². The third-order valence-electron chi connectivity index (χ3n) is 2.29. The minimum atomic E-state index is -0.332. The summed E-state index contributed by atoms with van der Waals surface area (Å²) >= 11 is 0. The highest BCUT2D eigenvalue weighted by molar-refractivity contribution is 5.86. The van der Waals surface area contributed by atoms with Crippen molar-refractivity contribution in [1.29, 1.82) is 0 Å². The van der Waals surface area contributed by atoms with Crippen LogP contribution >= 0.6 is 0 Å². The molecule has 2 fully saturated rings. The molecular formula is C6H10N2O2. The summed E-state index contributed by atoms with van der Waals surface area (Å²) in [6.45, 7) is 0.752. The number of carbonyl (C=O) groups excluding carboxylic acids is 1. The first-order chi connectivity index (χ1) is 4.76. The molecule has 0 aromatic heterocycles. The summed E-state index contributed by atoms with van der Waals surface area (Å²) in [7, 11) is 0. The number of carbonyl (C=O) groups is 1. The van der Waals surface area contributed by atoms with E-state index in [1.165, 1.54) is 0 Å². The second kappa shape index (κ2) is 1.71. The Bertz CT molecular complexity index is 183. The highest BCUT2D eigenvalue weighted by Gasteiger charge is 2.49. The van der Waals surface area contributed by atoms with Crippen LogP contribution in [0.5, 0.6) is 0 Å². The molecule has 0 aromatic carbocycles. The van der Waals surface area contributed by atoms with Crippen molar-refractivity contribution in [3.8, 4) is 0 Å². The van der Waals surface area contributed by atoms with Crippen molar-refractivity contribution < 1.29 is 9.90 Å². The molecule has 10 heavy (non-hydrogen) atoms. The van der Waals surface area contributed by atoms with E-state index in [1.54, 1.807) is 0 Å². The van der Waals surface area contributed by atoms with Crippen molar-refractivity contribution in [2.45, 2.75) is 18.0 Å². The van der Waals surface area contributed by atoms with Crippen LogP contribution in [0.3, 0.4) is 0 Å². The molecule has 0 aliphatic carbocycles. The number of fused-ring (bicyclic) bond motifs is 2. The summed E-state index contributed by atoms with van der Waals surface area (Å²) in [6.07, 6.45) is 0.738.